The number of hydrogen-bond acceptors (Lipinski definition) is 6. The summed E-state index contributed by atoms with van der Waals surface area (Å²) in [6.07, 6.45) is 6.00. The van der Waals surface area contributed by atoms with E-state index in [0.717, 1.165) is 48.3 Å². The number of aromatic nitrogens is 1. The lowest BCUT2D eigenvalue weighted by Gasteiger charge is -2.21. The Morgan fingerprint density at radius 3 is 2.44 bits per heavy atom. The number of hydrogen-bond donors (Lipinski definition) is 0. The van der Waals surface area contributed by atoms with E-state index in [4.69, 9.17) is 37.7 Å². The van der Waals surface area contributed by atoms with Gasteiger partial charge in [-0.3, -0.25) is 9.59 Å². The van der Waals surface area contributed by atoms with Gasteiger partial charge >= 0.3 is 0 Å². The monoisotopic (exact) mass is 587 g/mol. The molecule has 1 atom stereocenters. The molecule has 0 bridgehead atoms. The number of allylic oxidation sites excluding steroid dienone is 1. The lowest BCUT2D eigenvalue weighted by Crippen LogP contribution is -2.07. The number of nitrogens with zero attached hydrogens (tertiary/aromatic N) is 1. The van der Waals surface area contributed by atoms with Gasteiger partial charge in [0.25, 0.3) is 0 Å². The molecule has 0 saturated heterocycles. The summed E-state index contributed by atoms with van der Waals surface area (Å²) in [7, 11) is 1.67. The van der Waals surface area contributed by atoms with Gasteiger partial charge in [0.05, 0.1) is 35.4 Å². The first-order valence-electron chi connectivity index (χ1n) is 13.1. The predicted molar refractivity (Wildman–Crippen MR) is 161 cm³/mol. The number of halogens is 2. The summed E-state index contributed by atoms with van der Waals surface area (Å²) in [6, 6.07) is 9.20. The number of unbranched alkanes of at least 4 members (excludes halogenated alkanes) is 2. The van der Waals surface area contributed by atoms with Gasteiger partial charge in [0.15, 0.2) is 11.6 Å². The summed E-state index contributed by atoms with van der Waals surface area (Å²) in [5, 5.41) is 3.25. The summed E-state index contributed by atoms with van der Waals surface area (Å²) in [6.45, 7) is 7.99. The number of carbonyl (C=O) groups is 2. The summed E-state index contributed by atoms with van der Waals surface area (Å²) in [4.78, 5) is 29.5. The Kier molecular flexibility index (Phi) is 11.7. The highest BCUT2D eigenvalue weighted by atomic mass is 35.5. The molecule has 1 unspecified atom stereocenters. The van der Waals surface area contributed by atoms with Crippen molar-refractivity contribution >= 4 is 52.2 Å². The highest BCUT2D eigenvalue weighted by Crippen LogP contribution is 2.39. The number of thiazole rings is 1. The van der Waals surface area contributed by atoms with Gasteiger partial charge < -0.3 is 9.47 Å². The predicted octanol–water partition coefficient (Wildman–Crippen LogP) is 9.20. The van der Waals surface area contributed by atoms with Crippen molar-refractivity contribution in [1.82, 2.24) is 4.98 Å². The molecule has 2 aromatic carbocycles. The Balaban J connectivity index is 1.85. The number of rotatable bonds is 14. The fourth-order valence-electron chi connectivity index (χ4n) is 4.30. The number of benzene rings is 2. The Labute approximate surface area is 245 Å². The number of methoxy groups -OCH3 is 1. The SMILES string of the molecule is CCCCCC(OCC)c1cccc(-c2csc(CC(=O)c3cc(Cl)c(/C=C(\C)C(C)=O)c(Cl)c3)n2)c1OC. The van der Waals surface area contributed by atoms with Gasteiger partial charge in [0.1, 0.15) is 10.8 Å². The molecule has 5 nitrogen and oxygen atoms in total. The fourth-order valence-corrected chi connectivity index (χ4v) is 5.69. The first-order chi connectivity index (χ1) is 18.7. The average molecular weight is 589 g/mol. The molecule has 208 valence electrons. The Bertz CT molecular complexity index is 1330. The zero-order valence-corrected chi connectivity index (χ0v) is 25.4. The third-order valence-electron chi connectivity index (χ3n) is 6.49. The van der Waals surface area contributed by atoms with Crippen molar-refractivity contribution in [3.8, 4) is 17.0 Å². The van der Waals surface area contributed by atoms with Gasteiger partial charge in [-0.25, -0.2) is 4.98 Å². The number of carbonyl (C=O) groups excluding carboxylic acids is 2. The van der Waals surface area contributed by atoms with Gasteiger partial charge in [-0.05, 0) is 57.0 Å². The van der Waals surface area contributed by atoms with Crippen LogP contribution < -0.4 is 4.74 Å². The van der Waals surface area contributed by atoms with Crippen LogP contribution in [0.2, 0.25) is 10.0 Å². The summed E-state index contributed by atoms with van der Waals surface area (Å²) >= 11 is 14.3. The summed E-state index contributed by atoms with van der Waals surface area (Å²) in [5.74, 6) is 0.527. The number of Topliss-reactive ketones (excluding diaryl/α,β-unsaturated/α-hetero) is 2. The maximum absolute atomic E-state index is 13.1. The van der Waals surface area contributed by atoms with E-state index in [1.165, 1.54) is 18.3 Å². The van der Waals surface area contributed by atoms with Crippen LogP contribution in [0.1, 0.15) is 86.0 Å². The first kappa shape index (κ1) is 31.0. The maximum Gasteiger partial charge on any atom is 0.169 e. The van der Waals surface area contributed by atoms with Gasteiger partial charge in [-0.2, -0.15) is 0 Å². The zero-order valence-electron chi connectivity index (χ0n) is 23.1. The average Bonchev–Trinajstić information content (AvgIpc) is 3.37. The Morgan fingerprint density at radius 1 is 1.10 bits per heavy atom. The summed E-state index contributed by atoms with van der Waals surface area (Å²) < 4.78 is 12.0. The molecule has 3 rings (SSSR count). The number of para-hydroxylation sites is 1. The van der Waals surface area contributed by atoms with E-state index in [-0.39, 0.29) is 24.1 Å². The van der Waals surface area contributed by atoms with Crippen molar-refractivity contribution in [2.24, 2.45) is 0 Å². The molecule has 0 aliphatic carbocycles. The van der Waals surface area contributed by atoms with E-state index in [2.05, 4.69) is 13.0 Å². The van der Waals surface area contributed by atoms with E-state index >= 15 is 0 Å². The van der Waals surface area contributed by atoms with Crippen LogP contribution in [0, 0.1) is 0 Å². The molecule has 39 heavy (non-hydrogen) atoms. The molecule has 0 amide bonds. The maximum atomic E-state index is 13.1. The second-order valence-electron chi connectivity index (χ2n) is 9.33. The van der Waals surface area contributed by atoms with Crippen LogP contribution in [0.3, 0.4) is 0 Å². The normalized spacial score (nSPS) is 12.4. The minimum absolute atomic E-state index is 0.0531. The van der Waals surface area contributed by atoms with Crippen LogP contribution in [-0.2, 0) is 16.0 Å². The summed E-state index contributed by atoms with van der Waals surface area (Å²) in [5.41, 5.74) is 4.07. The second-order valence-corrected chi connectivity index (χ2v) is 11.1. The Hall–Kier alpha value is -2.51. The molecule has 3 aromatic rings. The number of ether oxygens (including phenoxy) is 2. The quantitative estimate of drug-likeness (QED) is 0.107. The highest BCUT2D eigenvalue weighted by Gasteiger charge is 2.21. The van der Waals surface area contributed by atoms with Crippen LogP contribution in [0.15, 0.2) is 41.3 Å². The van der Waals surface area contributed by atoms with E-state index in [0.29, 0.717) is 38.4 Å². The minimum atomic E-state index is -0.147. The van der Waals surface area contributed by atoms with E-state index < -0.39 is 0 Å². The van der Waals surface area contributed by atoms with Crippen molar-refractivity contribution in [2.75, 3.05) is 13.7 Å². The van der Waals surface area contributed by atoms with Gasteiger partial charge in [-0.15, -0.1) is 11.3 Å². The molecular formula is C31H35Cl2NO4S. The first-order valence-corrected chi connectivity index (χ1v) is 14.8. The van der Waals surface area contributed by atoms with Gasteiger partial charge in [0.2, 0.25) is 0 Å². The molecule has 0 aliphatic rings. The molecule has 1 heterocycles. The number of ketones is 2. The van der Waals surface area contributed by atoms with Crippen LogP contribution in [0.4, 0.5) is 0 Å². The van der Waals surface area contributed by atoms with Crippen molar-refractivity contribution in [2.45, 2.75) is 65.9 Å². The molecule has 8 heteroatoms. The third kappa shape index (κ3) is 8.01. The smallest absolute Gasteiger partial charge is 0.169 e. The lowest BCUT2D eigenvalue weighted by atomic mass is 9.98. The molecule has 1 aromatic heterocycles. The minimum Gasteiger partial charge on any atom is -0.496 e. The van der Waals surface area contributed by atoms with Crippen LogP contribution in [0.5, 0.6) is 5.75 Å². The lowest BCUT2D eigenvalue weighted by molar-refractivity contribution is -0.113. The van der Waals surface area contributed by atoms with Gasteiger partial charge in [0, 0.05) is 34.2 Å². The highest BCUT2D eigenvalue weighted by molar-refractivity contribution is 7.10. The second kappa shape index (κ2) is 14.8. The molecule has 0 radical (unpaired) electrons. The molecule has 0 spiro atoms. The third-order valence-corrected chi connectivity index (χ3v) is 7.97. The Morgan fingerprint density at radius 2 is 1.82 bits per heavy atom. The molecule has 0 aliphatic heterocycles. The topological polar surface area (TPSA) is 65.5 Å². The van der Waals surface area contributed by atoms with Crippen molar-refractivity contribution in [1.29, 1.82) is 0 Å². The fraction of sp³-hybridized carbons (Fsp3) is 0.387. The van der Waals surface area contributed by atoms with Crippen molar-refractivity contribution in [3.05, 3.63) is 73.0 Å². The molecular weight excluding hydrogens is 553 g/mol. The van der Waals surface area contributed by atoms with E-state index in [1.54, 1.807) is 32.2 Å². The van der Waals surface area contributed by atoms with E-state index in [9.17, 15) is 9.59 Å². The van der Waals surface area contributed by atoms with Crippen LogP contribution in [0.25, 0.3) is 17.3 Å². The van der Waals surface area contributed by atoms with Gasteiger partial charge in [-0.1, -0.05) is 61.5 Å². The molecule has 0 saturated carbocycles. The van der Waals surface area contributed by atoms with Crippen LogP contribution >= 0.6 is 34.5 Å². The molecule has 0 N–H and O–H groups in total. The van der Waals surface area contributed by atoms with Crippen LogP contribution in [-0.4, -0.2) is 30.3 Å². The van der Waals surface area contributed by atoms with Crippen molar-refractivity contribution < 1.29 is 19.1 Å². The zero-order chi connectivity index (χ0) is 28.5. The van der Waals surface area contributed by atoms with Crippen molar-refractivity contribution in [3.63, 3.8) is 0 Å². The van der Waals surface area contributed by atoms with E-state index in [1.807, 2.05) is 24.4 Å². The standard InChI is InChI=1S/C31H35Cl2NO4S/c1-6-8-9-13-29(38-7-2)23-12-10-11-22(31(23)37-5)27-18-39-30(34-27)17-28(36)21-15-25(32)24(26(33)16-21)14-19(3)20(4)35/h10-12,14-16,18,29H,6-9,13,17H2,1-5H3/b19-14+. The molecule has 0 fully saturated rings. The largest absolute Gasteiger partial charge is 0.496 e.